The molecule has 0 radical (unpaired) electrons. The molecular weight excluding hydrogens is 1640 g/mol. The second kappa shape index (κ2) is 32.8. The van der Waals surface area contributed by atoms with Crippen LogP contribution in [-0.4, -0.2) is 162 Å². The zero-order valence-electron chi connectivity index (χ0n) is 67.8. The number of aromatic nitrogens is 4. The molecule has 19 rings (SSSR count). The second-order valence-corrected chi connectivity index (χ2v) is 34.0. The monoisotopic (exact) mass is 1730 g/mol. The summed E-state index contributed by atoms with van der Waals surface area (Å²) in [5, 5.41) is 27.7. The van der Waals surface area contributed by atoms with Crippen molar-refractivity contribution >= 4 is 47.3 Å². The third-order valence-corrected chi connectivity index (χ3v) is 26.9. The van der Waals surface area contributed by atoms with Crippen molar-refractivity contribution in [2.24, 2.45) is 0 Å². The molecule has 124 heavy (non-hydrogen) atoms. The molecule has 3 aromatic carbocycles. The van der Waals surface area contributed by atoms with E-state index in [-0.39, 0.29) is 117 Å². The van der Waals surface area contributed by atoms with Crippen LogP contribution in [0.1, 0.15) is 249 Å². The SMILES string of the molecule is CCCCOc1c2n(cc(C(=O)NCc3c(F)cc(F)cc3F)c1=O)CC13CCC(CC1)N3C2=O.CCCCOc1c2n(cc(C(=O)OCC)c1=O)CC13CCC(CC1)N3C2=O.O=C(NCc1c(F)cc(F)cc1F)c1cn2c(c(O)c1=O)C(=O)N1C3CCC1(CC3)C2.O=C(NCc1c(F)cc(F)cc1F)c1cn2c(c(O)c1=O)C(=O)N1C3CCC1(CC3)C2. The van der Waals surface area contributed by atoms with Gasteiger partial charge in [-0.1, -0.05) is 26.7 Å². The number of unbranched alkanes of at least 4 members (excludes halogenated alkanes) is 2. The third-order valence-electron chi connectivity index (χ3n) is 26.9. The van der Waals surface area contributed by atoms with Crippen molar-refractivity contribution in [1.82, 2.24) is 53.8 Å². The Hall–Kier alpha value is -12.2. The Labute approximate surface area is 700 Å². The van der Waals surface area contributed by atoms with Crippen LogP contribution in [0.2, 0.25) is 0 Å². The highest BCUT2D eigenvalue weighted by atomic mass is 19.2. The summed E-state index contributed by atoms with van der Waals surface area (Å²) in [6, 6.07) is 3.57. The van der Waals surface area contributed by atoms with E-state index in [2.05, 4.69) is 16.0 Å². The van der Waals surface area contributed by atoms with Crippen LogP contribution in [0.5, 0.6) is 23.0 Å². The van der Waals surface area contributed by atoms with Gasteiger partial charge >= 0.3 is 5.97 Å². The number of nitrogens with zero attached hydrogens (tertiary/aromatic N) is 8. The number of ether oxygens (including phenoxy) is 3. The summed E-state index contributed by atoms with van der Waals surface area (Å²) in [4.78, 5) is 162. The molecule has 8 fully saturated rings. The van der Waals surface area contributed by atoms with Crippen LogP contribution in [0.4, 0.5) is 39.5 Å². The van der Waals surface area contributed by atoms with Crippen LogP contribution in [0.15, 0.2) is 80.4 Å². The van der Waals surface area contributed by atoms with Crippen LogP contribution in [0.25, 0.3) is 0 Å². The smallest absolute Gasteiger partial charge is 0.343 e. The number of amides is 7. The largest absolute Gasteiger partial charge is 0.503 e. The second-order valence-electron chi connectivity index (χ2n) is 34.0. The van der Waals surface area contributed by atoms with Crippen LogP contribution in [0.3, 0.4) is 0 Å². The zero-order valence-corrected chi connectivity index (χ0v) is 67.8. The fourth-order valence-electron chi connectivity index (χ4n) is 21.0. The van der Waals surface area contributed by atoms with Crippen molar-refractivity contribution in [2.45, 2.75) is 241 Å². The van der Waals surface area contributed by atoms with Crippen molar-refractivity contribution in [3.63, 3.8) is 0 Å². The Bertz CT molecular complexity index is 5660. The molecule has 8 bridgehead atoms. The summed E-state index contributed by atoms with van der Waals surface area (Å²) in [5.41, 5.74) is -7.44. The van der Waals surface area contributed by atoms with Gasteiger partial charge in [0.25, 0.3) is 41.4 Å². The van der Waals surface area contributed by atoms with Crippen molar-refractivity contribution in [1.29, 1.82) is 0 Å². The van der Waals surface area contributed by atoms with Gasteiger partial charge in [0, 0.05) is 148 Å². The fraction of sp³-hybridized carbons (Fsp3) is 0.471. The molecule has 7 aromatic rings. The van der Waals surface area contributed by atoms with Crippen LogP contribution in [0, 0.1) is 52.4 Å². The standard InChI is InChI=1S/C25H26F3N3O4.2C21H18F3N3O4.C20H26N2O5/c1-2-3-8-35-22-20-24(34)31-15-4-6-25(31,7-5-15)13-30(20)12-17(21(22)32)23(33)29-11-16-18(27)9-14(26)10-19(16)28;2*22-10-5-14(23)12(15(24)6-10)7-25-19(30)13-8-26-9-21-3-1-11(2-4-21)27(21)20(31)16(26)18(29)17(13)28;1-3-5-10-27-17-15-18(24)22-13-6-8-20(22,9-7-13)12-21(15)11-14(16(17)23)19(25)26-4-2/h9-10,12,15H,2-8,11,13H2,1H3,(H,29,33);2*5-6,8,11,29H,1-4,7,9H2,(H,25,30);11,13H,3-10,12H2,1-2H3. The molecule has 16 heterocycles. The molecule has 12 aliphatic rings. The first kappa shape index (κ1) is 85.4. The Morgan fingerprint density at radius 1 is 0.379 bits per heavy atom. The van der Waals surface area contributed by atoms with Gasteiger partial charge in [-0.3, -0.25) is 52.7 Å². The van der Waals surface area contributed by atoms with E-state index in [0.29, 0.717) is 75.6 Å². The topological polar surface area (TPSA) is 342 Å². The van der Waals surface area contributed by atoms with Gasteiger partial charge in [0.05, 0.1) is 42.0 Å². The number of benzene rings is 3. The zero-order chi connectivity index (χ0) is 88.2. The van der Waals surface area contributed by atoms with Crippen LogP contribution >= 0.6 is 0 Å². The Balaban J connectivity index is 0.000000123. The quantitative estimate of drug-likeness (QED) is 0.0285. The van der Waals surface area contributed by atoms with Gasteiger partial charge in [0.15, 0.2) is 45.8 Å². The molecule has 8 saturated heterocycles. The lowest BCUT2D eigenvalue weighted by atomic mass is 9.86. The molecule has 0 atom stereocenters. The van der Waals surface area contributed by atoms with E-state index < -0.39 is 169 Å². The minimum Gasteiger partial charge on any atom is -0.503 e. The maximum Gasteiger partial charge on any atom is 0.343 e. The molecular formula is C87H88F9N11O17. The summed E-state index contributed by atoms with van der Waals surface area (Å²) < 4.78 is 145. The van der Waals surface area contributed by atoms with E-state index in [4.69, 9.17) is 14.2 Å². The van der Waals surface area contributed by atoms with Gasteiger partial charge in [-0.2, -0.15) is 0 Å². The number of hydrogen-bond acceptors (Lipinski definition) is 17. The van der Waals surface area contributed by atoms with Crippen molar-refractivity contribution in [3.05, 3.63) is 216 Å². The van der Waals surface area contributed by atoms with Gasteiger partial charge in [0.2, 0.25) is 21.7 Å². The number of carbonyl (C=O) groups is 8. The highest BCUT2D eigenvalue weighted by molar-refractivity contribution is 6.03. The van der Waals surface area contributed by atoms with Gasteiger partial charge < -0.3 is 78.2 Å². The molecule has 0 aliphatic carbocycles. The molecule has 7 amide bonds. The molecule has 37 heteroatoms. The number of nitrogens with one attached hydrogen (secondary N) is 3. The average molecular weight is 1730 g/mol. The highest BCUT2D eigenvalue weighted by Gasteiger charge is 2.62. The van der Waals surface area contributed by atoms with Gasteiger partial charge in [-0.05, 0) is 122 Å². The number of aromatic hydroxyl groups is 2. The summed E-state index contributed by atoms with van der Waals surface area (Å²) in [7, 11) is 0. The first-order valence-corrected chi connectivity index (χ1v) is 41.7. The Kier molecular flexibility index (Phi) is 22.6. The third kappa shape index (κ3) is 14.5. The predicted octanol–water partition coefficient (Wildman–Crippen LogP) is 9.98. The molecule has 0 unspecified atom stereocenters. The fourth-order valence-corrected chi connectivity index (χ4v) is 21.0. The van der Waals surface area contributed by atoms with E-state index in [1.54, 1.807) is 25.9 Å². The summed E-state index contributed by atoms with van der Waals surface area (Å²) in [6.45, 7) is 6.31. The lowest BCUT2D eigenvalue weighted by molar-refractivity contribution is 0.0469. The average Bonchev–Trinajstić information content (AvgIpc) is 1.40. The number of rotatable bonds is 19. The number of pyridine rings is 4. The van der Waals surface area contributed by atoms with E-state index in [0.717, 1.165) is 122 Å². The van der Waals surface area contributed by atoms with Gasteiger partial charge in [-0.15, -0.1) is 0 Å². The summed E-state index contributed by atoms with van der Waals surface area (Å²) in [5.74, 6) is -16.8. The van der Waals surface area contributed by atoms with E-state index in [1.165, 1.54) is 33.9 Å². The Morgan fingerprint density at radius 2 is 0.629 bits per heavy atom. The lowest BCUT2D eigenvalue weighted by Gasteiger charge is -2.41. The van der Waals surface area contributed by atoms with E-state index in [9.17, 15) is 107 Å². The molecule has 0 spiro atoms. The maximum absolute atomic E-state index is 14.0. The molecule has 28 nitrogen and oxygen atoms in total. The first-order valence-electron chi connectivity index (χ1n) is 41.7. The highest BCUT2D eigenvalue weighted by Crippen LogP contribution is 2.55. The van der Waals surface area contributed by atoms with E-state index >= 15 is 0 Å². The number of esters is 1. The minimum absolute atomic E-state index is 0.000142. The number of hydrogen-bond donors (Lipinski definition) is 5. The van der Waals surface area contributed by atoms with Gasteiger partial charge in [-0.25, -0.2) is 44.3 Å². The molecule has 12 aliphatic heterocycles. The number of halogens is 9. The molecule has 0 saturated carbocycles. The molecule has 4 aromatic heterocycles. The summed E-state index contributed by atoms with van der Waals surface area (Å²) in [6.07, 6.45) is 22.5. The number of fused-ring (bicyclic) bond motifs is 4. The molecule has 656 valence electrons. The minimum atomic E-state index is -1.18. The van der Waals surface area contributed by atoms with Crippen LogP contribution in [-0.2, 0) is 50.6 Å². The van der Waals surface area contributed by atoms with Crippen molar-refractivity contribution < 1.29 is 102 Å². The normalized spacial score (nSPS) is 23.6. The maximum atomic E-state index is 14.0. The van der Waals surface area contributed by atoms with Gasteiger partial charge in [0.1, 0.15) is 74.6 Å². The predicted molar refractivity (Wildman–Crippen MR) is 420 cm³/mol. The Morgan fingerprint density at radius 3 is 0.903 bits per heavy atom. The van der Waals surface area contributed by atoms with Crippen LogP contribution < -0.4 is 47.1 Å². The van der Waals surface area contributed by atoms with E-state index in [1.807, 2.05) is 23.6 Å². The van der Waals surface area contributed by atoms with Crippen molar-refractivity contribution in [3.8, 4) is 23.0 Å². The van der Waals surface area contributed by atoms with Crippen molar-refractivity contribution in [2.75, 3.05) is 19.8 Å². The number of carbonyl (C=O) groups excluding carboxylic acids is 8. The summed E-state index contributed by atoms with van der Waals surface area (Å²) >= 11 is 0. The molecule has 5 N–H and O–H groups in total. The lowest BCUT2D eigenvalue weighted by Crippen LogP contribution is -2.53. The first-order chi connectivity index (χ1) is 59.2.